The molecule has 0 aromatic heterocycles. The summed E-state index contributed by atoms with van der Waals surface area (Å²) in [5.41, 5.74) is -1.84. The van der Waals surface area contributed by atoms with Crippen LogP contribution in [0.5, 0.6) is 11.5 Å². The Balaban J connectivity index is 1.50. The van der Waals surface area contributed by atoms with Gasteiger partial charge >= 0.3 is 12.1 Å². The normalized spacial score (nSPS) is 14.9. The van der Waals surface area contributed by atoms with Gasteiger partial charge in [0, 0.05) is 36.1 Å². The van der Waals surface area contributed by atoms with E-state index < -0.39 is 55.1 Å². The van der Waals surface area contributed by atoms with Crippen molar-refractivity contribution in [2.45, 2.75) is 50.3 Å². The van der Waals surface area contributed by atoms with E-state index in [1.165, 1.54) is 43.5 Å². The highest BCUT2D eigenvalue weighted by molar-refractivity contribution is 9.10. The zero-order valence-electron chi connectivity index (χ0n) is 28.6. The van der Waals surface area contributed by atoms with Crippen LogP contribution in [-0.4, -0.2) is 81.4 Å². The summed E-state index contributed by atoms with van der Waals surface area (Å²) >= 11 is 3.26. The Morgan fingerprint density at radius 1 is 1.10 bits per heavy atom. The highest BCUT2D eigenvalue weighted by atomic mass is 79.9. The first kappa shape index (κ1) is 39.9. The largest absolute Gasteiger partial charge is 0.469 e. The number of anilines is 2. The maximum absolute atomic E-state index is 14.9. The molecule has 4 rings (SSSR count). The van der Waals surface area contributed by atoms with Crippen molar-refractivity contribution in [3.05, 3.63) is 80.6 Å². The first-order chi connectivity index (χ1) is 24.5. The summed E-state index contributed by atoms with van der Waals surface area (Å²) in [6, 6.07) is 10.7. The van der Waals surface area contributed by atoms with E-state index in [2.05, 4.69) is 31.3 Å². The lowest BCUT2D eigenvalue weighted by Crippen LogP contribution is -2.50. The molecule has 1 aliphatic heterocycles. The van der Waals surface area contributed by atoms with E-state index in [1.807, 2.05) is 9.62 Å². The van der Waals surface area contributed by atoms with Gasteiger partial charge in [-0.25, -0.2) is 22.3 Å². The summed E-state index contributed by atoms with van der Waals surface area (Å²) in [4.78, 5) is 49.6. The van der Waals surface area contributed by atoms with Crippen LogP contribution in [-0.2, 0) is 29.0 Å². The van der Waals surface area contributed by atoms with E-state index in [4.69, 9.17) is 14.2 Å². The van der Waals surface area contributed by atoms with Gasteiger partial charge in [0.15, 0.2) is 5.82 Å². The summed E-state index contributed by atoms with van der Waals surface area (Å²) < 4.78 is 65.0. The highest BCUT2D eigenvalue weighted by Crippen LogP contribution is 2.32. The molecule has 2 amide bonds. The Morgan fingerprint density at radius 3 is 2.50 bits per heavy atom. The predicted octanol–water partition coefficient (Wildman–Crippen LogP) is 5.78. The molecule has 16 nitrogen and oxygen atoms in total. The minimum Gasteiger partial charge on any atom is -0.469 e. The molecule has 1 atom stereocenters. The summed E-state index contributed by atoms with van der Waals surface area (Å²) in [6.45, 7) is 6.48. The summed E-state index contributed by atoms with van der Waals surface area (Å²) in [5.74, 6) is -2.64. The van der Waals surface area contributed by atoms with Crippen LogP contribution in [0.1, 0.15) is 44.0 Å². The lowest BCUT2D eigenvalue weighted by Gasteiger charge is -2.36. The van der Waals surface area contributed by atoms with Crippen LogP contribution in [0, 0.1) is 15.9 Å². The summed E-state index contributed by atoms with van der Waals surface area (Å²) in [7, 11) is -3.38. The second-order valence-electron chi connectivity index (χ2n) is 12.3. The number of benzene rings is 3. The van der Waals surface area contributed by atoms with Gasteiger partial charge in [0.25, 0.3) is 21.6 Å². The minimum atomic E-state index is -4.67. The van der Waals surface area contributed by atoms with E-state index >= 15 is 0 Å². The lowest BCUT2D eigenvalue weighted by molar-refractivity contribution is -0.384. The van der Waals surface area contributed by atoms with Crippen molar-refractivity contribution in [1.29, 1.82) is 0 Å². The molecular weight excluding hydrogens is 773 g/mol. The van der Waals surface area contributed by atoms with E-state index in [0.717, 1.165) is 18.2 Å². The van der Waals surface area contributed by atoms with Crippen molar-refractivity contribution < 1.29 is 51.1 Å². The Kier molecular flexibility index (Phi) is 13.1. The minimum absolute atomic E-state index is 0.00638. The molecule has 0 unspecified atom stereocenters. The lowest BCUT2D eigenvalue weighted by atomic mass is 10.2. The maximum Gasteiger partial charge on any atom is 0.412 e. The predicted molar refractivity (Wildman–Crippen MR) is 189 cm³/mol. The molecule has 1 aliphatic rings. The SMILES string of the molecule is COC(=O)CCCN1CCOC[C@H]1Nc1ccc(S(=O)(=O)NC(=O)c2ccc(Br)cc2Oc2ccc(NC(=O)OC(C)(C)C)c(F)c2)cc1[N+](=O)[O-]. The molecule has 3 aromatic carbocycles. The number of nitro groups is 1. The second-order valence-corrected chi connectivity index (χ2v) is 14.9. The van der Waals surface area contributed by atoms with Gasteiger partial charge in [-0.05, 0) is 69.7 Å². The van der Waals surface area contributed by atoms with Crippen LogP contribution in [0.4, 0.5) is 26.2 Å². The number of methoxy groups -OCH3 is 1. The van der Waals surface area contributed by atoms with Crippen LogP contribution in [0.25, 0.3) is 0 Å². The topological polar surface area (TPSA) is 205 Å². The third kappa shape index (κ3) is 11.1. The smallest absolute Gasteiger partial charge is 0.412 e. The molecule has 3 aromatic rings. The Morgan fingerprint density at radius 2 is 1.83 bits per heavy atom. The molecule has 1 heterocycles. The molecule has 0 saturated carbocycles. The Bertz CT molecular complexity index is 1940. The molecule has 52 heavy (non-hydrogen) atoms. The number of carbonyl (C=O) groups is 3. The molecular formula is C33H37BrFN5O11S. The molecule has 1 fully saturated rings. The number of ether oxygens (including phenoxy) is 4. The van der Waals surface area contributed by atoms with Crippen LogP contribution >= 0.6 is 15.9 Å². The van der Waals surface area contributed by atoms with Crippen molar-refractivity contribution in [3.63, 3.8) is 0 Å². The van der Waals surface area contributed by atoms with Crippen LogP contribution < -0.4 is 20.1 Å². The van der Waals surface area contributed by atoms with Crippen LogP contribution in [0.15, 0.2) is 64.0 Å². The van der Waals surface area contributed by atoms with Crippen LogP contribution in [0.2, 0.25) is 0 Å². The molecule has 0 bridgehead atoms. The Labute approximate surface area is 307 Å². The third-order valence-corrected chi connectivity index (χ3v) is 9.13. The molecule has 0 radical (unpaired) electrons. The number of nitro benzene ring substituents is 1. The molecule has 280 valence electrons. The third-order valence-electron chi connectivity index (χ3n) is 7.31. The number of hydrogen-bond acceptors (Lipinski definition) is 13. The number of halogens is 2. The summed E-state index contributed by atoms with van der Waals surface area (Å²) in [5, 5.41) is 17.4. The molecule has 19 heteroatoms. The zero-order chi connectivity index (χ0) is 38.2. The van der Waals surface area contributed by atoms with Crippen molar-refractivity contribution in [3.8, 4) is 11.5 Å². The van der Waals surface area contributed by atoms with Crippen molar-refractivity contribution in [2.75, 3.05) is 44.0 Å². The quantitative estimate of drug-likeness (QED) is 0.107. The van der Waals surface area contributed by atoms with Gasteiger partial charge in [-0.1, -0.05) is 15.9 Å². The zero-order valence-corrected chi connectivity index (χ0v) is 31.0. The average Bonchev–Trinajstić information content (AvgIpc) is 3.05. The van der Waals surface area contributed by atoms with Gasteiger partial charge in [-0.15, -0.1) is 0 Å². The van der Waals surface area contributed by atoms with E-state index in [-0.39, 0.29) is 47.4 Å². The monoisotopic (exact) mass is 809 g/mol. The molecule has 1 saturated heterocycles. The van der Waals surface area contributed by atoms with Gasteiger partial charge in [0.05, 0.1) is 41.4 Å². The Hall–Kier alpha value is -4.85. The van der Waals surface area contributed by atoms with Gasteiger partial charge < -0.3 is 24.3 Å². The summed E-state index contributed by atoms with van der Waals surface area (Å²) in [6.07, 6.45) is -0.731. The number of amides is 2. The maximum atomic E-state index is 14.9. The number of sulfonamides is 1. The number of carbonyl (C=O) groups excluding carboxylic acids is 3. The van der Waals surface area contributed by atoms with Gasteiger partial charge in [-0.3, -0.25) is 29.9 Å². The van der Waals surface area contributed by atoms with Crippen molar-refractivity contribution in [1.82, 2.24) is 9.62 Å². The van der Waals surface area contributed by atoms with Gasteiger partial charge in [0.2, 0.25) is 0 Å². The van der Waals surface area contributed by atoms with E-state index in [9.17, 15) is 37.3 Å². The fraction of sp³-hybridized carbons (Fsp3) is 0.364. The fourth-order valence-electron chi connectivity index (χ4n) is 4.90. The number of esters is 1. The number of hydrogen-bond donors (Lipinski definition) is 3. The highest BCUT2D eigenvalue weighted by Gasteiger charge is 2.29. The number of nitrogens with zero attached hydrogens (tertiary/aromatic N) is 2. The molecule has 0 aliphatic carbocycles. The van der Waals surface area contributed by atoms with Crippen LogP contribution in [0.3, 0.4) is 0 Å². The second kappa shape index (κ2) is 17.1. The molecule has 3 N–H and O–H groups in total. The number of morpholine rings is 1. The van der Waals surface area contributed by atoms with E-state index in [1.54, 1.807) is 20.8 Å². The van der Waals surface area contributed by atoms with Gasteiger partial charge in [0.1, 0.15) is 29.0 Å². The van der Waals surface area contributed by atoms with Crippen molar-refractivity contribution >= 4 is 61.0 Å². The van der Waals surface area contributed by atoms with E-state index in [0.29, 0.717) is 30.6 Å². The first-order valence-electron chi connectivity index (χ1n) is 15.7. The fourth-order valence-corrected chi connectivity index (χ4v) is 6.23. The molecule has 0 spiro atoms. The van der Waals surface area contributed by atoms with Gasteiger partial charge in [-0.2, -0.15) is 0 Å². The first-order valence-corrected chi connectivity index (χ1v) is 18.0. The average molecular weight is 811 g/mol. The van der Waals surface area contributed by atoms with Crippen molar-refractivity contribution in [2.24, 2.45) is 0 Å². The number of rotatable bonds is 13. The standard InChI is InChI=1S/C33H37BrFN5O11S/c1-33(2,3)51-32(43)37-25-11-8-21(17-24(25)35)50-28-16-20(34)7-10-23(28)31(42)38-52(46,47)22-9-12-26(27(18-22)40(44)45)36-29-19-49-15-14-39(29)13-5-6-30(41)48-4/h7-12,16-18,29,36H,5-6,13-15,19H2,1-4H3,(H,37,43)(H,38,42)/t29-/m0/s1. The number of nitrogens with one attached hydrogen (secondary N) is 3.